The smallest absolute Gasteiger partial charge is 0.206 e. The molecule has 0 spiro atoms. The monoisotopic (exact) mass is 1360 g/mol. The van der Waals surface area contributed by atoms with Crippen molar-refractivity contribution in [1.29, 1.82) is 0 Å². The molecular weight excluding hydrogens is 1310 g/mol. The van der Waals surface area contributed by atoms with E-state index < -0.39 is 41.3 Å². The number of halogens is 5. The third-order valence-corrected chi connectivity index (χ3v) is 16.8. The Balaban J connectivity index is 0.000000148. The molecule has 0 saturated carbocycles. The van der Waals surface area contributed by atoms with Gasteiger partial charge >= 0.3 is 0 Å². The maximum absolute atomic E-state index is 14.6. The molecule has 2 N–H and O–H groups in total. The Morgan fingerprint density at radius 3 is 1.13 bits per heavy atom. The number of pyridine rings is 6. The molecule has 474 valence electrons. The topological polar surface area (TPSA) is 272 Å². The second-order valence-electron chi connectivity index (χ2n) is 21.7. The molecule has 0 fully saturated rings. The minimum absolute atomic E-state index is 0.0751. The molecule has 13 aromatic rings. The number of sulfonamides is 1. The lowest BCUT2D eigenvalue weighted by molar-refractivity contribution is 0.585. The number of imidazole rings is 3. The highest BCUT2D eigenvalue weighted by Crippen LogP contribution is 2.34. The van der Waals surface area contributed by atoms with Crippen LogP contribution in [0.25, 0.3) is 95.4 Å². The van der Waals surface area contributed by atoms with Gasteiger partial charge in [-0.2, -0.15) is 15.3 Å². The van der Waals surface area contributed by atoms with Crippen LogP contribution in [0.3, 0.4) is 0 Å². The Hall–Kier alpha value is -9.09. The molecule has 0 aliphatic rings. The first-order chi connectivity index (χ1) is 43.3. The Labute approximate surface area is 542 Å². The average Bonchev–Trinajstić information content (AvgIpc) is 1.58. The number of aryl methyl sites for hydroxylation is 3. The summed E-state index contributed by atoms with van der Waals surface area (Å²) in [6.45, 7) is 6.05. The summed E-state index contributed by atoms with van der Waals surface area (Å²) in [6.07, 6.45) is 19.7. The predicted octanol–water partition coefficient (Wildman–Crippen LogP) is 11.2. The highest BCUT2D eigenvalue weighted by Gasteiger charge is 2.19. The molecule has 22 nitrogen and oxygen atoms in total. The van der Waals surface area contributed by atoms with Gasteiger partial charge in [-0.25, -0.2) is 64.1 Å². The highest BCUT2D eigenvalue weighted by molar-refractivity contribution is 7.90. The van der Waals surface area contributed by atoms with Crippen LogP contribution in [-0.4, -0.2) is 116 Å². The molecule has 0 unspecified atom stereocenters. The maximum atomic E-state index is 14.6. The number of nitrogens with two attached hydrogens (primary N) is 1. The van der Waals surface area contributed by atoms with Crippen LogP contribution in [0.4, 0.5) is 8.78 Å². The van der Waals surface area contributed by atoms with Crippen molar-refractivity contribution in [3.05, 3.63) is 202 Å². The van der Waals surface area contributed by atoms with E-state index in [1.165, 1.54) is 12.3 Å². The van der Waals surface area contributed by atoms with Crippen molar-refractivity contribution in [2.75, 3.05) is 18.8 Å². The standard InChI is InChI=1S/C25H21F2N5O2S.C19H18ClN5O2S.C17H13Cl2N5.CH5NO2S/c1-15-21(12-29-31(15)2)16-6-7-32-24(13-28-25(32)10-16)17-8-19(14-35(3,33)34)30-23(9-17)20-5-4-18(26)11-22(20)27;1-12-16(9-22-24(12)2)13-4-5-25-17(10-21-19(25)8-13)14-6-15(11-28(3,26)27)23-18(20)7-14;1-10-13(8-21-23(10)2)11-3-4-24-14(9-20-17(24)7-11)12-5-15(18)22-16(19)6-12;1-5(2,3)4/h4-13H,14H2,1-3H3;4-10H,11H2,1-3H3;3-9H,1-2H3;1H3,(H2,2,3,4). The van der Waals surface area contributed by atoms with Crippen LogP contribution in [0.2, 0.25) is 15.5 Å². The van der Waals surface area contributed by atoms with Crippen LogP contribution in [0.15, 0.2) is 147 Å². The van der Waals surface area contributed by atoms with Gasteiger partial charge in [0.2, 0.25) is 10.0 Å². The average molecular weight is 1360 g/mol. The summed E-state index contributed by atoms with van der Waals surface area (Å²) >= 11 is 18.1. The number of rotatable bonds is 11. The Morgan fingerprint density at radius 2 is 0.783 bits per heavy atom. The zero-order valence-electron chi connectivity index (χ0n) is 50.6. The van der Waals surface area contributed by atoms with Crippen LogP contribution in [-0.2, 0) is 62.3 Å². The Bertz CT molecular complexity index is 5330. The first kappa shape index (κ1) is 65.8. The van der Waals surface area contributed by atoms with Gasteiger partial charge in [-0.15, -0.1) is 0 Å². The summed E-state index contributed by atoms with van der Waals surface area (Å²) in [5.41, 5.74) is 17.3. The molecular formula is C62H57Cl3F2N16O6S3. The first-order valence-electron chi connectivity index (χ1n) is 27.5. The molecule has 0 saturated heterocycles. The van der Waals surface area contributed by atoms with Gasteiger partial charge in [0.15, 0.2) is 19.7 Å². The van der Waals surface area contributed by atoms with Crippen molar-refractivity contribution < 1.29 is 34.0 Å². The molecule has 12 aromatic heterocycles. The van der Waals surface area contributed by atoms with Crippen molar-refractivity contribution in [3.63, 3.8) is 0 Å². The van der Waals surface area contributed by atoms with Crippen molar-refractivity contribution in [1.82, 2.24) is 72.4 Å². The number of sulfone groups is 2. The number of primary sulfonamides is 1. The van der Waals surface area contributed by atoms with Gasteiger partial charge in [-0.3, -0.25) is 32.2 Å². The molecule has 0 radical (unpaired) electrons. The molecule has 30 heteroatoms. The summed E-state index contributed by atoms with van der Waals surface area (Å²) in [7, 11) is -4.06. The first-order valence-corrected chi connectivity index (χ1v) is 34.7. The molecule has 1 aromatic carbocycles. The van der Waals surface area contributed by atoms with E-state index in [2.05, 4.69) is 50.3 Å². The molecule has 0 amide bonds. The van der Waals surface area contributed by atoms with Gasteiger partial charge in [0, 0.05) is 114 Å². The fourth-order valence-electron chi connectivity index (χ4n) is 10.00. The van der Waals surface area contributed by atoms with E-state index in [-0.39, 0.29) is 33.6 Å². The number of nitrogens with zero attached hydrogens (tertiary/aromatic N) is 15. The largest absolute Gasteiger partial charge is 0.300 e. The van der Waals surface area contributed by atoms with Crippen molar-refractivity contribution in [3.8, 4) is 78.4 Å². The van der Waals surface area contributed by atoms with Gasteiger partial charge in [-0.05, 0) is 122 Å². The van der Waals surface area contributed by atoms with Crippen LogP contribution in [0.1, 0.15) is 28.5 Å². The van der Waals surface area contributed by atoms with E-state index in [4.69, 9.17) is 34.8 Å². The minimum atomic E-state index is -3.41. The zero-order chi connectivity index (χ0) is 66.3. The highest BCUT2D eigenvalue weighted by atomic mass is 35.5. The van der Waals surface area contributed by atoms with E-state index in [0.717, 1.165) is 109 Å². The van der Waals surface area contributed by atoms with Crippen LogP contribution in [0, 0.1) is 32.4 Å². The lowest BCUT2D eigenvalue weighted by Crippen LogP contribution is -2.07. The van der Waals surface area contributed by atoms with Crippen molar-refractivity contribution in [2.45, 2.75) is 32.3 Å². The number of fused-ring (bicyclic) bond motifs is 3. The summed E-state index contributed by atoms with van der Waals surface area (Å²) in [6, 6.07) is 25.4. The van der Waals surface area contributed by atoms with Gasteiger partial charge in [0.05, 0.1) is 89.1 Å². The predicted molar refractivity (Wildman–Crippen MR) is 353 cm³/mol. The summed E-state index contributed by atoms with van der Waals surface area (Å²) in [4.78, 5) is 26.0. The van der Waals surface area contributed by atoms with Crippen molar-refractivity contribution >= 4 is 81.4 Å². The number of aromatic nitrogens is 15. The van der Waals surface area contributed by atoms with E-state index in [0.29, 0.717) is 32.9 Å². The van der Waals surface area contributed by atoms with Gasteiger partial charge in [-0.1, -0.05) is 34.8 Å². The molecule has 13 rings (SSSR count). The number of hydrogen-bond acceptors (Lipinski definition) is 15. The lowest BCUT2D eigenvalue weighted by atomic mass is 10.1. The summed E-state index contributed by atoms with van der Waals surface area (Å²) < 4.78 is 105. The summed E-state index contributed by atoms with van der Waals surface area (Å²) in [5, 5.41) is 18.2. The zero-order valence-corrected chi connectivity index (χ0v) is 55.3. The van der Waals surface area contributed by atoms with Gasteiger partial charge < -0.3 is 0 Å². The van der Waals surface area contributed by atoms with Crippen molar-refractivity contribution in [2.24, 2.45) is 26.3 Å². The van der Waals surface area contributed by atoms with E-state index in [1.807, 2.05) is 132 Å². The molecule has 0 bridgehead atoms. The Kier molecular flexibility index (Phi) is 18.8. The third-order valence-electron chi connectivity index (χ3n) is 14.6. The fraction of sp³-hybridized carbons (Fsp3) is 0.177. The second kappa shape index (κ2) is 26.3. The molecule has 0 aliphatic carbocycles. The summed E-state index contributed by atoms with van der Waals surface area (Å²) in [5.74, 6) is -1.98. The van der Waals surface area contributed by atoms with E-state index in [1.54, 1.807) is 65.9 Å². The molecule has 92 heavy (non-hydrogen) atoms. The number of benzene rings is 1. The second-order valence-corrected chi connectivity index (χ2v) is 28.8. The van der Waals surface area contributed by atoms with Gasteiger partial charge in [0.25, 0.3) is 0 Å². The fourth-order valence-corrected chi connectivity index (χ4v) is 12.1. The quantitative estimate of drug-likeness (QED) is 0.118. The Morgan fingerprint density at radius 1 is 0.435 bits per heavy atom. The van der Waals surface area contributed by atoms with Crippen LogP contribution < -0.4 is 5.14 Å². The lowest BCUT2D eigenvalue weighted by Gasteiger charge is -2.10. The van der Waals surface area contributed by atoms with Crippen LogP contribution in [0.5, 0.6) is 0 Å². The number of hydrogen-bond donors (Lipinski definition) is 1. The molecule has 0 aliphatic heterocycles. The van der Waals surface area contributed by atoms with E-state index >= 15 is 0 Å². The van der Waals surface area contributed by atoms with Gasteiger partial charge in [0.1, 0.15) is 44.0 Å². The molecule has 12 heterocycles. The minimum Gasteiger partial charge on any atom is -0.300 e. The van der Waals surface area contributed by atoms with Crippen LogP contribution >= 0.6 is 34.8 Å². The molecule has 0 atom stereocenters. The third kappa shape index (κ3) is 15.4. The normalized spacial score (nSPS) is 11.8. The maximum Gasteiger partial charge on any atom is 0.206 e. The SMILES string of the molecule is CS(N)(=O)=O.Cc1c(-c2ccn3c(-c4cc(CS(C)(=O)=O)nc(-c5ccc(F)cc5F)c4)cnc3c2)cnn1C.Cc1c(-c2ccn3c(-c4cc(Cl)nc(CS(C)(=O)=O)c4)cnc3c2)cnn1C.Cc1c(-c2ccn3c(-c4cc(Cl)nc(Cl)c4)cnc3c2)cnn1C. The van der Waals surface area contributed by atoms with E-state index in [9.17, 15) is 34.0 Å².